The van der Waals surface area contributed by atoms with Gasteiger partial charge in [0.05, 0.1) is 30.6 Å². The van der Waals surface area contributed by atoms with Crippen LogP contribution in [0.5, 0.6) is 0 Å². The zero-order valence-electron chi connectivity index (χ0n) is 12.1. The minimum atomic E-state index is 0.184. The molecule has 3 heterocycles. The van der Waals surface area contributed by atoms with Crippen LogP contribution in [0.3, 0.4) is 0 Å². The lowest BCUT2D eigenvalue weighted by Gasteiger charge is -2.35. The van der Waals surface area contributed by atoms with Crippen LogP contribution in [0.15, 0.2) is 16.9 Å². The first kappa shape index (κ1) is 15.0. The van der Waals surface area contributed by atoms with Crippen molar-refractivity contribution in [2.45, 2.75) is 19.5 Å². The molecule has 0 aliphatic carbocycles. The number of ether oxygens (including phenoxy) is 1. The quantitative estimate of drug-likeness (QED) is 0.815. The number of carbonyl (C=O) groups is 1. The lowest BCUT2D eigenvalue weighted by Crippen LogP contribution is -2.46. The SMILES string of the molecule is O=C(C1CCN(Cn2cc(Br)cn2)CC1)N1CCOCC1. The van der Waals surface area contributed by atoms with Gasteiger partial charge in [-0.05, 0) is 28.8 Å². The molecule has 2 fully saturated rings. The van der Waals surface area contributed by atoms with Crippen molar-refractivity contribution in [2.75, 3.05) is 39.4 Å². The summed E-state index contributed by atoms with van der Waals surface area (Å²) in [6.07, 6.45) is 5.66. The molecule has 1 aromatic rings. The van der Waals surface area contributed by atoms with Gasteiger partial charge in [-0.2, -0.15) is 5.10 Å². The van der Waals surface area contributed by atoms with Crippen LogP contribution >= 0.6 is 15.9 Å². The second kappa shape index (κ2) is 6.89. The summed E-state index contributed by atoms with van der Waals surface area (Å²) < 4.78 is 8.23. The number of likely N-dealkylation sites (tertiary alicyclic amines) is 1. The van der Waals surface area contributed by atoms with E-state index in [0.717, 1.165) is 50.2 Å². The Bertz CT molecular complexity index is 479. The lowest BCUT2D eigenvalue weighted by molar-refractivity contribution is -0.141. The summed E-state index contributed by atoms with van der Waals surface area (Å²) in [7, 11) is 0. The van der Waals surface area contributed by atoms with Crippen molar-refractivity contribution >= 4 is 21.8 Å². The van der Waals surface area contributed by atoms with Crippen LogP contribution in [0.2, 0.25) is 0 Å². The van der Waals surface area contributed by atoms with Gasteiger partial charge in [-0.25, -0.2) is 0 Å². The predicted octanol–water partition coefficient (Wildman–Crippen LogP) is 1.17. The normalized spacial score (nSPS) is 21.7. The fourth-order valence-electron chi connectivity index (χ4n) is 2.98. The van der Waals surface area contributed by atoms with Gasteiger partial charge < -0.3 is 9.64 Å². The highest BCUT2D eigenvalue weighted by Gasteiger charge is 2.29. The third-order valence-electron chi connectivity index (χ3n) is 4.21. The van der Waals surface area contributed by atoms with Gasteiger partial charge in [0.1, 0.15) is 0 Å². The number of aromatic nitrogens is 2. The summed E-state index contributed by atoms with van der Waals surface area (Å²) in [4.78, 5) is 16.8. The number of nitrogens with zero attached hydrogens (tertiary/aromatic N) is 4. The minimum absolute atomic E-state index is 0.184. The number of piperidine rings is 1. The molecule has 2 aliphatic rings. The van der Waals surface area contributed by atoms with E-state index in [2.05, 4.69) is 25.9 Å². The summed E-state index contributed by atoms with van der Waals surface area (Å²) in [5.41, 5.74) is 0. The maximum Gasteiger partial charge on any atom is 0.225 e. The Labute approximate surface area is 133 Å². The molecule has 0 N–H and O–H groups in total. The summed E-state index contributed by atoms with van der Waals surface area (Å²) in [5, 5.41) is 4.28. The molecule has 1 amide bonds. The van der Waals surface area contributed by atoms with E-state index in [0.29, 0.717) is 19.1 Å². The highest BCUT2D eigenvalue weighted by molar-refractivity contribution is 9.10. The van der Waals surface area contributed by atoms with Crippen LogP contribution in [0.1, 0.15) is 12.8 Å². The smallest absolute Gasteiger partial charge is 0.225 e. The minimum Gasteiger partial charge on any atom is -0.378 e. The number of rotatable bonds is 3. The van der Waals surface area contributed by atoms with Crippen molar-refractivity contribution in [3.63, 3.8) is 0 Å². The van der Waals surface area contributed by atoms with Crippen molar-refractivity contribution in [3.05, 3.63) is 16.9 Å². The first-order valence-electron chi connectivity index (χ1n) is 7.49. The second-order valence-corrected chi connectivity index (χ2v) is 6.59. The van der Waals surface area contributed by atoms with Gasteiger partial charge in [0.2, 0.25) is 5.91 Å². The molecule has 0 unspecified atom stereocenters. The van der Waals surface area contributed by atoms with Gasteiger partial charge in [0.15, 0.2) is 0 Å². The molecule has 116 valence electrons. The zero-order chi connectivity index (χ0) is 14.7. The molecule has 2 aliphatic heterocycles. The largest absolute Gasteiger partial charge is 0.378 e. The highest BCUT2D eigenvalue weighted by Crippen LogP contribution is 2.21. The van der Waals surface area contributed by atoms with Crippen LogP contribution in [0, 0.1) is 5.92 Å². The summed E-state index contributed by atoms with van der Waals surface area (Å²) in [6, 6.07) is 0. The standard InChI is InChI=1S/C14H21BrN4O2/c15-13-9-16-19(10-13)11-17-3-1-12(2-4-17)14(20)18-5-7-21-8-6-18/h9-10,12H,1-8,11H2. The van der Waals surface area contributed by atoms with Crippen molar-refractivity contribution in [1.29, 1.82) is 0 Å². The highest BCUT2D eigenvalue weighted by atomic mass is 79.9. The van der Waals surface area contributed by atoms with E-state index in [4.69, 9.17) is 4.74 Å². The zero-order valence-corrected chi connectivity index (χ0v) is 13.7. The first-order chi connectivity index (χ1) is 10.2. The van der Waals surface area contributed by atoms with Gasteiger partial charge in [0.25, 0.3) is 0 Å². The number of hydrogen-bond donors (Lipinski definition) is 0. The third-order valence-corrected chi connectivity index (χ3v) is 4.62. The van der Waals surface area contributed by atoms with Crippen molar-refractivity contribution in [2.24, 2.45) is 5.92 Å². The van der Waals surface area contributed by atoms with Gasteiger partial charge in [-0.15, -0.1) is 0 Å². The maximum absolute atomic E-state index is 12.4. The Balaban J connectivity index is 1.47. The van der Waals surface area contributed by atoms with Crippen molar-refractivity contribution in [3.8, 4) is 0 Å². The average molecular weight is 357 g/mol. The Kier molecular flexibility index (Phi) is 4.92. The fourth-order valence-corrected chi connectivity index (χ4v) is 3.31. The molecule has 7 heteroatoms. The molecular weight excluding hydrogens is 336 g/mol. The van der Waals surface area contributed by atoms with Crippen LogP contribution in [-0.2, 0) is 16.2 Å². The molecule has 2 saturated heterocycles. The lowest BCUT2D eigenvalue weighted by atomic mass is 9.95. The molecule has 0 aromatic carbocycles. The Hall–Kier alpha value is -0.920. The summed E-state index contributed by atoms with van der Waals surface area (Å²) in [6.45, 7) is 5.57. The van der Waals surface area contributed by atoms with E-state index in [9.17, 15) is 4.79 Å². The Morgan fingerprint density at radius 3 is 2.62 bits per heavy atom. The molecule has 0 atom stereocenters. The Morgan fingerprint density at radius 1 is 1.29 bits per heavy atom. The number of morpholine rings is 1. The molecule has 21 heavy (non-hydrogen) atoms. The average Bonchev–Trinajstić information content (AvgIpc) is 2.93. The first-order valence-corrected chi connectivity index (χ1v) is 8.28. The van der Waals surface area contributed by atoms with E-state index < -0.39 is 0 Å². The predicted molar refractivity (Wildman–Crippen MR) is 81.6 cm³/mol. The molecule has 0 saturated carbocycles. The summed E-state index contributed by atoms with van der Waals surface area (Å²) in [5.74, 6) is 0.503. The maximum atomic E-state index is 12.4. The molecule has 0 radical (unpaired) electrons. The van der Waals surface area contributed by atoms with Crippen LogP contribution in [0.4, 0.5) is 0 Å². The van der Waals surface area contributed by atoms with Crippen molar-refractivity contribution in [1.82, 2.24) is 19.6 Å². The van der Waals surface area contributed by atoms with E-state index in [1.54, 1.807) is 6.20 Å². The number of hydrogen-bond acceptors (Lipinski definition) is 4. The second-order valence-electron chi connectivity index (χ2n) is 5.67. The molecule has 0 bridgehead atoms. The molecule has 0 spiro atoms. The number of carbonyl (C=O) groups excluding carboxylic acids is 1. The van der Waals surface area contributed by atoms with Crippen LogP contribution in [0.25, 0.3) is 0 Å². The topological polar surface area (TPSA) is 50.6 Å². The van der Waals surface area contributed by atoms with Gasteiger partial charge >= 0.3 is 0 Å². The molecular formula is C14H21BrN4O2. The van der Waals surface area contributed by atoms with Crippen molar-refractivity contribution < 1.29 is 9.53 Å². The molecule has 1 aromatic heterocycles. The van der Waals surface area contributed by atoms with Gasteiger partial charge in [-0.3, -0.25) is 14.4 Å². The van der Waals surface area contributed by atoms with E-state index in [1.807, 2.05) is 15.8 Å². The van der Waals surface area contributed by atoms with Crippen LogP contribution < -0.4 is 0 Å². The summed E-state index contributed by atoms with van der Waals surface area (Å²) >= 11 is 3.41. The number of amides is 1. The van der Waals surface area contributed by atoms with Gasteiger partial charge in [0, 0.05) is 38.3 Å². The third kappa shape index (κ3) is 3.84. The van der Waals surface area contributed by atoms with Gasteiger partial charge in [-0.1, -0.05) is 0 Å². The van der Waals surface area contributed by atoms with E-state index in [-0.39, 0.29) is 5.92 Å². The molecule has 6 nitrogen and oxygen atoms in total. The fraction of sp³-hybridized carbons (Fsp3) is 0.714. The van der Waals surface area contributed by atoms with E-state index >= 15 is 0 Å². The van der Waals surface area contributed by atoms with Crippen LogP contribution in [-0.4, -0.2) is 64.9 Å². The Morgan fingerprint density at radius 2 is 2.00 bits per heavy atom. The van der Waals surface area contributed by atoms with E-state index in [1.165, 1.54) is 0 Å². The number of halogens is 1. The monoisotopic (exact) mass is 356 g/mol. The molecule has 3 rings (SSSR count).